The molecule has 0 aliphatic carbocycles. The van der Waals surface area contributed by atoms with Crippen LogP contribution in [0.4, 0.5) is 0 Å². The molecule has 112 valence electrons. The van der Waals surface area contributed by atoms with E-state index in [1.54, 1.807) is 12.1 Å². The zero-order valence-electron chi connectivity index (χ0n) is 12.3. The summed E-state index contributed by atoms with van der Waals surface area (Å²) in [5.41, 5.74) is 7.35. The number of imidazole rings is 1. The van der Waals surface area contributed by atoms with Gasteiger partial charge in [-0.1, -0.05) is 0 Å². The molecule has 1 aliphatic heterocycles. The Bertz CT molecular complexity index is 705. The third kappa shape index (κ3) is 2.30. The zero-order valence-corrected chi connectivity index (χ0v) is 12.3. The van der Waals surface area contributed by atoms with E-state index in [4.69, 9.17) is 5.73 Å². The van der Waals surface area contributed by atoms with Crippen LogP contribution in [0.1, 0.15) is 30.0 Å². The van der Waals surface area contributed by atoms with Gasteiger partial charge in [0.2, 0.25) is 5.91 Å². The topological polar surface area (TPSA) is 84.4 Å². The lowest BCUT2D eigenvalue weighted by Gasteiger charge is -2.39. The monoisotopic (exact) mass is 288 g/mol. The molecule has 2 heterocycles. The molecule has 0 fully saturated rings. The van der Waals surface area contributed by atoms with E-state index in [1.807, 2.05) is 19.9 Å². The number of aliphatic hydroxyl groups excluding tert-OH is 1. The molecule has 0 saturated carbocycles. The standard InChI is InChI=1S/C15H20N4O2/c1-15(2,9-20)18-5-6-19-12-4-3-10(14(16)21)7-11(12)17-13(19)8-18/h3-4,7,20H,5-6,8-9H2,1-2H3,(H2,16,21). The quantitative estimate of drug-likeness (QED) is 0.871. The second-order valence-electron chi connectivity index (χ2n) is 6.14. The van der Waals surface area contributed by atoms with Crippen LogP contribution in [0.5, 0.6) is 0 Å². The van der Waals surface area contributed by atoms with Gasteiger partial charge in [0, 0.05) is 24.2 Å². The third-order valence-corrected chi connectivity index (χ3v) is 4.28. The van der Waals surface area contributed by atoms with Crippen LogP contribution in [0.15, 0.2) is 18.2 Å². The van der Waals surface area contributed by atoms with Crippen molar-refractivity contribution in [3.8, 4) is 0 Å². The first-order valence-electron chi connectivity index (χ1n) is 7.07. The van der Waals surface area contributed by atoms with Crippen LogP contribution in [0.3, 0.4) is 0 Å². The largest absolute Gasteiger partial charge is 0.394 e. The van der Waals surface area contributed by atoms with Gasteiger partial charge in [0.05, 0.1) is 24.2 Å². The Hall–Kier alpha value is -1.92. The Morgan fingerprint density at radius 3 is 2.86 bits per heavy atom. The summed E-state index contributed by atoms with van der Waals surface area (Å²) >= 11 is 0. The first kappa shape index (κ1) is 14.0. The summed E-state index contributed by atoms with van der Waals surface area (Å²) < 4.78 is 2.17. The highest BCUT2D eigenvalue weighted by Gasteiger charge is 2.30. The Morgan fingerprint density at radius 2 is 2.19 bits per heavy atom. The molecule has 0 atom stereocenters. The molecule has 2 aromatic rings. The molecule has 3 rings (SSSR count). The van der Waals surface area contributed by atoms with E-state index in [2.05, 4.69) is 14.5 Å². The molecule has 1 amide bonds. The predicted molar refractivity (Wildman–Crippen MR) is 79.8 cm³/mol. The number of nitrogens with two attached hydrogens (primary N) is 1. The molecular weight excluding hydrogens is 268 g/mol. The molecule has 0 spiro atoms. The van der Waals surface area contributed by atoms with Crippen LogP contribution in [0.2, 0.25) is 0 Å². The lowest BCUT2D eigenvalue weighted by Crippen LogP contribution is -2.50. The van der Waals surface area contributed by atoms with Gasteiger partial charge >= 0.3 is 0 Å². The van der Waals surface area contributed by atoms with Crippen LogP contribution < -0.4 is 5.73 Å². The van der Waals surface area contributed by atoms with Gasteiger partial charge in [0.1, 0.15) is 5.82 Å². The van der Waals surface area contributed by atoms with Crippen molar-refractivity contribution in [3.63, 3.8) is 0 Å². The van der Waals surface area contributed by atoms with Gasteiger partial charge in [-0.05, 0) is 32.0 Å². The zero-order chi connectivity index (χ0) is 15.2. The van der Waals surface area contributed by atoms with Crippen molar-refractivity contribution < 1.29 is 9.90 Å². The fraction of sp³-hybridized carbons (Fsp3) is 0.467. The highest BCUT2D eigenvalue weighted by atomic mass is 16.3. The number of aromatic nitrogens is 2. The van der Waals surface area contributed by atoms with Crippen molar-refractivity contribution in [3.05, 3.63) is 29.6 Å². The molecule has 0 saturated heterocycles. The lowest BCUT2D eigenvalue weighted by molar-refractivity contribution is 0.0356. The summed E-state index contributed by atoms with van der Waals surface area (Å²) in [6, 6.07) is 5.38. The fourth-order valence-corrected chi connectivity index (χ4v) is 2.79. The number of aliphatic hydroxyl groups is 1. The third-order valence-electron chi connectivity index (χ3n) is 4.28. The van der Waals surface area contributed by atoms with E-state index in [9.17, 15) is 9.90 Å². The molecule has 0 bridgehead atoms. The second-order valence-corrected chi connectivity index (χ2v) is 6.14. The minimum Gasteiger partial charge on any atom is -0.394 e. The second kappa shape index (κ2) is 4.82. The maximum atomic E-state index is 11.3. The highest BCUT2D eigenvalue weighted by Crippen LogP contribution is 2.25. The van der Waals surface area contributed by atoms with E-state index in [0.29, 0.717) is 12.1 Å². The van der Waals surface area contributed by atoms with Gasteiger partial charge in [-0.15, -0.1) is 0 Å². The Kier molecular flexibility index (Phi) is 3.22. The number of amides is 1. The van der Waals surface area contributed by atoms with E-state index >= 15 is 0 Å². The summed E-state index contributed by atoms with van der Waals surface area (Å²) in [4.78, 5) is 18.1. The Balaban J connectivity index is 2.00. The minimum absolute atomic E-state index is 0.110. The van der Waals surface area contributed by atoms with Crippen molar-refractivity contribution in [1.29, 1.82) is 0 Å². The first-order valence-corrected chi connectivity index (χ1v) is 7.07. The van der Waals surface area contributed by atoms with Crippen LogP contribution >= 0.6 is 0 Å². The number of rotatable bonds is 3. The summed E-state index contributed by atoms with van der Waals surface area (Å²) in [6.07, 6.45) is 0. The van der Waals surface area contributed by atoms with Crippen LogP contribution in [0.25, 0.3) is 11.0 Å². The van der Waals surface area contributed by atoms with Crippen molar-refractivity contribution in [2.75, 3.05) is 13.2 Å². The lowest BCUT2D eigenvalue weighted by atomic mass is 10.0. The number of nitrogens with zero attached hydrogens (tertiary/aromatic N) is 3. The van der Waals surface area contributed by atoms with Crippen LogP contribution in [0, 0.1) is 0 Å². The number of hydrogen-bond acceptors (Lipinski definition) is 4. The molecule has 1 aromatic heterocycles. The number of carbonyl (C=O) groups is 1. The van der Waals surface area contributed by atoms with E-state index in [1.165, 1.54) is 0 Å². The van der Waals surface area contributed by atoms with Gasteiger partial charge in [0.25, 0.3) is 0 Å². The molecule has 6 heteroatoms. The molecule has 6 nitrogen and oxygen atoms in total. The average Bonchev–Trinajstić information content (AvgIpc) is 2.83. The van der Waals surface area contributed by atoms with Crippen molar-refractivity contribution in [2.24, 2.45) is 5.73 Å². The maximum Gasteiger partial charge on any atom is 0.248 e. The Morgan fingerprint density at radius 1 is 1.43 bits per heavy atom. The van der Waals surface area contributed by atoms with Gasteiger partial charge in [-0.25, -0.2) is 4.98 Å². The summed E-state index contributed by atoms with van der Waals surface area (Å²) in [5, 5.41) is 9.51. The number of hydrogen-bond donors (Lipinski definition) is 2. The number of carbonyl (C=O) groups excluding carboxylic acids is 1. The molecule has 1 aromatic carbocycles. The van der Waals surface area contributed by atoms with Gasteiger partial charge in [0.15, 0.2) is 0 Å². The van der Waals surface area contributed by atoms with Crippen LogP contribution in [-0.2, 0) is 13.1 Å². The summed E-state index contributed by atoms with van der Waals surface area (Å²) in [7, 11) is 0. The van der Waals surface area contributed by atoms with E-state index in [-0.39, 0.29) is 12.1 Å². The van der Waals surface area contributed by atoms with E-state index < -0.39 is 5.91 Å². The van der Waals surface area contributed by atoms with E-state index in [0.717, 1.165) is 29.9 Å². The number of benzene rings is 1. The van der Waals surface area contributed by atoms with Gasteiger partial charge < -0.3 is 15.4 Å². The highest BCUT2D eigenvalue weighted by molar-refractivity contribution is 5.96. The predicted octanol–water partition coefficient (Wildman–Crippen LogP) is 0.722. The maximum absolute atomic E-state index is 11.3. The molecule has 0 unspecified atom stereocenters. The Labute approximate surface area is 123 Å². The molecule has 21 heavy (non-hydrogen) atoms. The molecule has 0 radical (unpaired) electrons. The SMILES string of the molecule is CC(C)(CO)N1CCn2c(nc3cc(C(N)=O)ccc32)C1. The number of primary amides is 1. The summed E-state index contributed by atoms with van der Waals surface area (Å²) in [5.74, 6) is 0.519. The summed E-state index contributed by atoms with van der Waals surface area (Å²) in [6.45, 7) is 6.54. The van der Waals surface area contributed by atoms with Crippen LogP contribution in [-0.4, -0.2) is 44.2 Å². The van der Waals surface area contributed by atoms with Gasteiger partial charge in [-0.3, -0.25) is 9.69 Å². The minimum atomic E-state index is -0.439. The van der Waals surface area contributed by atoms with Crippen molar-refractivity contribution >= 4 is 16.9 Å². The smallest absolute Gasteiger partial charge is 0.248 e. The molecule has 3 N–H and O–H groups in total. The van der Waals surface area contributed by atoms with Crippen molar-refractivity contribution in [1.82, 2.24) is 14.5 Å². The average molecular weight is 288 g/mol. The number of fused-ring (bicyclic) bond motifs is 3. The van der Waals surface area contributed by atoms with Gasteiger partial charge in [-0.2, -0.15) is 0 Å². The molecular formula is C15H20N4O2. The van der Waals surface area contributed by atoms with Crippen molar-refractivity contribution in [2.45, 2.75) is 32.5 Å². The molecule has 1 aliphatic rings. The fourth-order valence-electron chi connectivity index (χ4n) is 2.79. The normalized spacial score (nSPS) is 16.1. The first-order chi connectivity index (χ1) is 9.92.